The topological polar surface area (TPSA) is 82.1 Å². The fourth-order valence-electron chi connectivity index (χ4n) is 1.85. The quantitative estimate of drug-likeness (QED) is 0.256. The second-order valence-corrected chi connectivity index (χ2v) is 3.95. The SMILES string of the molecule is CC(O)C1CCN(C/C(N)=N/O)CC1. The Morgan fingerprint density at radius 1 is 1.57 bits per heavy atom. The molecule has 1 aliphatic heterocycles. The predicted molar refractivity (Wildman–Crippen MR) is 54.3 cm³/mol. The molecule has 0 spiro atoms. The maximum atomic E-state index is 9.38. The van der Waals surface area contributed by atoms with Crippen LogP contribution in [0.3, 0.4) is 0 Å². The number of oxime groups is 1. The highest BCUT2D eigenvalue weighted by Gasteiger charge is 2.22. The third kappa shape index (κ3) is 3.16. The molecule has 1 rings (SSSR count). The fourth-order valence-corrected chi connectivity index (χ4v) is 1.85. The maximum absolute atomic E-state index is 9.38. The Kier molecular flexibility index (Phi) is 4.16. The molecule has 1 atom stereocenters. The molecule has 14 heavy (non-hydrogen) atoms. The van der Waals surface area contributed by atoms with E-state index in [-0.39, 0.29) is 11.9 Å². The number of rotatable bonds is 3. The van der Waals surface area contributed by atoms with E-state index in [2.05, 4.69) is 10.1 Å². The highest BCUT2D eigenvalue weighted by molar-refractivity contribution is 5.81. The molecule has 4 N–H and O–H groups in total. The first-order valence-corrected chi connectivity index (χ1v) is 5.00. The normalized spacial score (nSPS) is 23.7. The van der Waals surface area contributed by atoms with Gasteiger partial charge in [0.2, 0.25) is 0 Å². The lowest BCUT2D eigenvalue weighted by atomic mass is 9.92. The van der Waals surface area contributed by atoms with Gasteiger partial charge in [-0.2, -0.15) is 0 Å². The molecule has 0 aromatic heterocycles. The molecule has 1 heterocycles. The van der Waals surface area contributed by atoms with Gasteiger partial charge in [-0.25, -0.2) is 0 Å². The summed E-state index contributed by atoms with van der Waals surface area (Å²) in [7, 11) is 0. The van der Waals surface area contributed by atoms with Crippen molar-refractivity contribution in [2.24, 2.45) is 16.8 Å². The van der Waals surface area contributed by atoms with E-state index in [1.165, 1.54) is 0 Å². The molecule has 0 bridgehead atoms. The van der Waals surface area contributed by atoms with E-state index in [4.69, 9.17) is 10.9 Å². The van der Waals surface area contributed by atoms with Crippen molar-refractivity contribution in [3.05, 3.63) is 0 Å². The number of hydrogen-bond acceptors (Lipinski definition) is 4. The molecule has 5 nitrogen and oxygen atoms in total. The van der Waals surface area contributed by atoms with Crippen molar-refractivity contribution in [1.29, 1.82) is 0 Å². The second-order valence-electron chi connectivity index (χ2n) is 3.95. The molecule has 1 fully saturated rings. The number of hydrogen-bond donors (Lipinski definition) is 3. The monoisotopic (exact) mass is 201 g/mol. The molecule has 5 heteroatoms. The summed E-state index contributed by atoms with van der Waals surface area (Å²) in [6.45, 7) is 4.17. The second kappa shape index (κ2) is 5.17. The lowest BCUT2D eigenvalue weighted by molar-refractivity contribution is 0.0764. The van der Waals surface area contributed by atoms with E-state index in [9.17, 15) is 5.11 Å². The van der Waals surface area contributed by atoms with Crippen LogP contribution >= 0.6 is 0 Å². The largest absolute Gasteiger partial charge is 0.409 e. The molecule has 82 valence electrons. The van der Waals surface area contributed by atoms with Crippen molar-refractivity contribution in [1.82, 2.24) is 4.90 Å². The molecule has 0 radical (unpaired) electrons. The Hall–Kier alpha value is -0.810. The zero-order valence-corrected chi connectivity index (χ0v) is 8.56. The zero-order chi connectivity index (χ0) is 10.6. The van der Waals surface area contributed by atoms with Gasteiger partial charge in [-0.1, -0.05) is 5.16 Å². The first-order chi connectivity index (χ1) is 6.63. The van der Waals surface area contributed by atoms with Crippen LogP contribution in [-0.4, -0.2) is 46.8 Å². The lowest BCUT2D eigenvalue weighted by Gasteiger charge is -2.32. The summed E-state index contributed by atoms with van der Waals surface area (Å²) in [5.74, 6) is 0.652. The van der Waals surface area contributed by atoms with E-state index < -0.39 is 0 Å². The van der Waals surface area contributed by atoms with E-state index >= 15 is 0 Å². The number of amidine groups is 1. The summed E-state index contributed by atoms with van der Waals surface area (Å²) in [4.78, 5) is 2.13. The standard InChI is InChI=1S/C9H19N3O2/c1-7(13)8-2-4-12(5-3-8)6-9(10)11-14/h7-8,13-14H,2-6H2,1H3,(H2,10,11). The molecule has 0 amide bonds. The average molecular weight is 201 g/mol. The Bertz CT molecular complexity index is 198. The summed E-state index contributed by atoms with van der Waals surface area (Å²) in [5, 5.41) is 20.7. The van der Waals surface area contributed by atoms with Gasteiger partial charge < -0.3 is 16.0 Å². The van der Waals surface area contributed by atoms with Crippen LogP contribution in [0.1, 0.15) is 19.8 Å². The van der Waals surface area contributed by atoms with E-state index in [1.54, 1.807) is 0 Å². The van der Waals surface area contributed by atoms with Gasteiger partial charge in [-0.05, 0) is 38.8 Å². The maximum Gasteiger partial charge on any atom is 0.153 e. The molecule has 0 saturated carbocycles. The fraction of sp³-hybridized carbons (Fsp3) is 0.889. The first-order valence-electron chi connectivity index (χ1n) is 5.00. The summed E-state index contributed by atoms with van der Waals surface area (Å²) >= 11 is 0. The smallest absolute Gasteiger partial charge is 0.153 e. The van der Waals surface area contributed by atoms with Gasteiger partial charge in [-0.15, -0.1) is 0 Å². The van der Waals surface area contributed by atoms with Gasteiger partial charge in [0.1, 0.15) is 0 Å². The van der Waals surface area contributed by atoms with Crippen LogP contribution in [0.4, 0.5) is 0 Å². The number of nitrogens with zero attached hydrogens (tertiary/aromatic N) is 2. The first kappa shape index (κ1) is 11.3. The van der Waals surface area contributed by atoms with Crippen molar-refractivity contribution in [3.8, 4) is 0 Å². The van der Waals surface area contributed by atoms with Gasteiger partial charge in [0.15, 0.2) is 5.84 Å². The molecule has 1 aliphatic rings. The van der Waals surface area contributed by atoms with Crippen molar-refractivity contribution in [2.45, 2.75) is 25.9 Å². The third-order valence-electron chi connectivity index (χ3n) is 2.83. The van der Waals surface area contributed by atoms with Crippen LogP contribution in [0.25, 0.3) is 0 Å². The van der Waals surface area contributed by atoms with Crippen LogP contribution in [0.15, 0.2) is 5.16 Å². The van der Waals surface area contributed by atoms with E-state index in [0.29, 0.717) is 12.5 Å². The highest BCUT2D eigenvalue weighted by atomic mass is 16.4. The lowest BCUT2D eigenvalue weighted by Crippen LogP contribution is -2.41. The summed E-state index contributed by atoms with van der Waals surface area (Å²) in [6, 6.07) is 0. The average Bonchev–Trinajstić information content (AvgIpc) is 2.18. The Labute approximate surface area is 84.2 Å². The van der Waals surface area contributed by atoms with Crippen LogP contribution in [0.2, 0.25) is 0 Å². The van der Waals surface area contributed by atoms with E-state index in [1.807, 2.05) is 6.92 Å². The molecule has 0 aromatic carbocycles. The van der Waals surface area contributed by atoms with Crippen LogP contribution in [0, 0.1) is 5.92 Å². The number of piperidine rings is 1. The van der Waals surface area contributed by atoms with Crippen LogP contribution in [-0.2, 0) is 0 Å². The van der Waals surface area contributed by atoms with Crippen LogP contribution in [0.5, 0.6) is 0 Å². The summed E-state index contributed by atoms with van der Waals surface area (Å²) in [5.41, 5.74) is 5.41. The van der Waals surface area contributed by atoms with Crippen molar-refractivity contribution in [3.63, 3.8) is 0 Å². The number of nitrogens with two attached hydrogens (primary N) is 1. The third-order valence-corrected chi connectivity index (χ3v) is 2.83. The summed E-state index contributed by atoms with van der Waals surface area (Å²) in [6.07, 6.45) is 1.74. The van der Waals surface area contributed by atoms with Gasteiger partial charge in [0, 0.05) is 0 Å². The van der Waals surface area contributed by atoms with Gasteiger partial charge in [0.25, 0.3) is 0 Å². The van der Waals surface area contributed by atoms with Crippen molar-refractivity contribution in [2.75, 3.05) is 19.6 Å². The minimum absolute atomic E-state index is 0.221. The van der Waals surface area contributed by atoms with Crippen molar-refractivity contribution >= 4 is 5.84 Å². The molecule has 0 aromatic rings. The predicted octanol–water partition coefficient (Wildman–Crippen LogP) is -0.174. The van der Waals surface area contributed by atoms with Gasteiger partial charge in [0.05, 0.1) is 12.6 Å². The van der Waals surface area contributed by atoms with Crippen LogP contribution < -0.4 is 5.73 Å². The Morgan fingerprint density at radius 3 is 2.57 bits per heavy atom. The summed E-state index contributed by atoms with van der Waals surface area (Å²) < 4.78 is 0. The Balaban J connectivity index is 2.29. The zero-order valence-electron chi connectivity index (χ0n) is 8.56. The van der Waals surface area contributed by atoms with E-state index in [0.717, 1.165) is 25.9 Å². The minimum atomic E-state index is -0.221. The molecule has 1 unspecified atom stereocenters. The Morgan fingerprint density at radius 2 is 2.14 bits per heavy atom. The van der Waals surface area contributed by atoms with Gasteiger partial charge >= 0.3 is 0 Å². The molecular weight excluding hydrogens is 182 g/mol. The molecular formula is C9H19N3O2. The molecule has 1 saturated heterocycles. The number of aliphatic hydroxyl groups is 1. The van der Waals surface area contributed by atoms with Crippen molar-refractivity contribution < 1.29 is 10.3 Å². The van der Waals surface area contributed by atoms with Gasteiger partial charge in [-0.3, -0.25) is 4.90 Å². The minimum Gasteiger partial charge on any atom is -0.409 e. The number of likely N-dealkylation sites (tertiary alicyclic amines) is 1. The number of aliphatic hydroxyl groups excluding tert-OH is 1. The highest BCUT2D eigenvalue weighted by Crippen LogP contribution is 2.19. The molecule has 0 aliphatic carbocycles.